The number of rotatable bonds is 9. The van der Waals surface area contributed by atoms with E-state index in [0.717, 1.165) is 23.8 Å². The van der Waals surface area contributed by atoms with Crippen LogP contribution in [0.2, 0.25) is 0 Å². The molecule has 1 aliphatic rings. The Morgan fingerprint density at radius 3 is 2.71 bits per heavy atom. The summed E-state index contributed by atoms with van der Waals surface area (Å²) in [7, 11) is 0. The van der Waals surface area contributed by atoms with Gasteiger partial charge >= 0.3 is 12.1 Å². The molecule has 2 heterocycles. The number of carboxylic acid groups (broad SMARTS) is 1. The van der Waals surface area contributed by atoms with Crippen LogP contribution in [-0.4, -0.2) is 39.3 Å². The lowest BCUT2D eigenvalue weighted by atomic mass is 9.87. The molecule has 1 saturated carbocycles. The minimum atomic E-state index is -4.55. The average molecular weight is 478 g/mol. The minimum Gasteiger partial charge on any atom is -0.477 e. The highest BCUT2D eigenvalue weighted by atomic mass is 35.5. The summed E-state index contributed by atoms with van der Waals surface area (Å²) in [5, 5.41) is 19.2. The van der Waals surface area contributed by atoms with Crippen LogP contribution in [0, 0.1) is 11.8 Å². The predicted molar refractivity (Wildman–Crippen MR) is 111 cm³/mol. The third-order valence-corrected chi connectivity index (χ3v) is 7.21. The van der Waals surface area contributed by atoms with E-state index >= 15 is 0 Å². The van der Waals surface area contributed by atoms with Gasteiger partial charge in [-0.15, -0.1) is 22.9 Å². The highest BCUT2D eigenvalue weighted by Gasteiger charge is 2.41. The zero-order valence-corrected chi connectivity index (χ0v) is 18.1. The van der Waals surface area contributed by atoms with E-state index < -0.39 is 29.7 Å². The lowest BCUT2D eigenvalue weighted by molar-refractivity contribution is -0.139. The van der Waals surface area contributed by atoms with E-state index in [1.165, 1.54) is 23.6 Å². The van der Waals surface area contributed by atoms with Crippen LogP contribution in [0.15, 0.2) is 30.5 Å². The first-order valence-electron chi connectivity index (χ1n) is 9.96. The first kappa shape index (κ1) is 23.8. The Balaban J connectivity index is 1.54. The molecule has 2 aromatic heterocycles. The van der Waals surface area contributed by atoms with Gasteiger partial charge in [0, 0.05) is 16.5 Å². The summed E-state index contributed by atoms with van der Waals surface area (Å²) < 4.78 is 44.5. The second-order valence-electron chi connectivity index (χ2n) is 7.60. The number of aryl methyl sites for hydroxylation is 1. The van der Waals surface area contributed by atoms with E-state index in [-0.39, 0.29) is 23.8 Å². The molecule has 0 bridgehead atoms. The number of hydrogen-bond acceptors (Lipinski definition) is 5. The molecule has 0 saturated heterocycles. The van der Waals surface area contributed by atoms with Crippen LogP contribution in [0.5, 0.6) is 5.88 Å². The van der Waals surface area contributed by atoms with Crippen LogP contribution in [-0.2, 0) is 12.6 Å². The van der Waals surface area contributed by atoms with E-state index in [0.29, 0.717) is 24.1 Å². The van der Waals surface area contributed by atoms with Crippen LogP contribution in [0.25, 0.3) is 0 Å². The van der Waals surface area contributed by atoms with Crippen molar-refractivity contribution < 1.29 is 32.9 Å². The summed E-state index contributed by atoms with van der Waals surface area (Å²) in [6.07, 6.45) is -0.942. The van der Waals surface area contributed by atoms with Gasteiger partial charge in [0.05, 0.1) is 12.7 Å². The molecule has 3 rings (SSSR count). The van der Waals surface area contributed by atoms with Crippen molar-refractivity contribution in [2.24, 2.45) is 11.8 Å². The summed E-state index contributed by atoms with van der Waals surface area (Å²) in [5.41, 5.74) is -0.926. The van der Waals surface area contributed by atoms with Crippen molar-refractivity contribution in [3.8, 4) is 5.88 Å². The highest BCUT2D eigenvalue weighted by molar-refractivity contribution is 7.13. The normalized spacial score (nSPS) is 23.8. The zero-order chi connectivity index (χ0) is 22.6. The maximum absolute atomic E-state index is 13.1. The van der Waals surface area contributed by atoms with Crippen molar-refractivity contribution in [2.45, 2.75) is 49.8 Å². The summed E-state index contributed by atoms with van der Waals surface area (Å²) in [6, 6.07) is 5.51. The van der Waals surface area contributed by atoms with E-state index in [9.17, 15) is 23.1 Å². The van der Waals surface area contributed by atoms with Crippen molar-refractivity contribution in [3.63, 3.8) is 0 Å². The maximum atomic E-state index is 13.1. The lowest BCUT2D eigenvalue weighted by Gasteiger charge is -2.23. The molecule has 0 unspecified atom stereocenters. The second-order valence-corrected chi connectivity index (χ2v) is 9.33. The van der Waals surface area contributed by atoms with Gasteiger partial charge in [-0.1, -0.05) is 0 Å². The van der Waals surface area contributed by atoms with Gasteiger partial charge in [0.25, 0.3) is 0 Å². The van der Waals surface area contributed by atoms with Crippen LogP contribution in [0.1, 0.15) is 45.8 Å². The van der Waals surface area contributed by atoms with Crippen molar-refractivity contribution in [1.29, 1.82) is 0 Å². The number of alkyl halides is 4. The van der Waals surface area contributed by atoms with Gasteiger partial charge in [0.15, 0.2) is 0 Å². The van der Waals surface area contributed by atoms with E-state index in [4.69, 9.17) is 21.4 Å². The van der Waals surface area contributed by atoms with Gasteiger partial charge < -0.3 is 14.9 Å². The number of ether oxygens (including phenoxy) is 1. The molecule has 1 fully saturated rings. The fourth-order valence-electron chi connectivity index (χ4n) is 4.09. The summed E-state index contributed by atoms with van der Waals surface area (Å²) in [5.74, 6) is -1.59. The fourth-order valence-corrected chi connectivity index (χ4v) is 5.47. The molecule has 2 aromatic rings. The Bertz CT molecular complexity index is 892. The van der Waals surface area contributed by atoms with Gasteiger partial charge in [-0.3, -0.25) is 0 Å². The standard InChI is InChI=1S/C21H23ClF3NO4S/c22-16-11-17(27)14(8-10-30-19-15(21(23,24)25)5-2-9-26-19)13(16)4-1-3-12-6-7-18(31-12)20(28)29/h2,5-7,9,13-14,16-17,27H,1,3-4,8,10-11H2,(H,28,29)/t13-,14-,16-,17-/m1/s1. The van der Waals surface area contributed by atoms with Crippen molar-refractivity contribution in [2.75, 3.05) is 6.61 Å². The Morgan fingerprint density at radius 2 is 2.03 bits per heavy atom. The molecular formula is C21H23ClF3NO4S. The lowest BCUT2D eigenvalue weighted by Crippen LogP contribution is -2.23. The molecule has 4 atom stereocenters. The van der Waals surface area contributed by atoms with Crippen LogP contribution < -0.4 is 4.74 Å². The Kier molecular flexibility index (Phi) is 7.82. The van der Waals surface area contributed by atoms with Crippen LogP contribution >= 0.6 is 22.9 Å². The number of pyridine rings is 1. The number of aliphatic hydroxyl groups is 1. The van der Waals surface area contributed by atoms with Gasteiger partial charge in [-0.05, 0) is 68.2 Å². The zero-order valence-electron chi connectivity index (χ0n) is 16.5. The maximum Gasteiger partial charge on any atom is 0.421 e. The largest absolute Gasteiger partial charge is 0.477 e. The molecule has 170 valence electrons. The van der Waals surface area contributed by atoms with Gasteiger partial charge in [-0.2, -0.15) is 13.2 Å². The molecule has 2 N–H and O–H groups in total. The average Bonchev–Trinajstić information content (AvgIpc) is 3.27. The molecule has 1 aliphatic carbocycles. The number of aromatic nitrogens is 1. The number of hydrogen-bond donors (Lipinski definition) is 2. The molecule has 5 nitrogen and oxygen atoms in total. The number of halogens is 4. The predicted octanol–water partition coefficient (Wildman–Crippen LogP) is 5.26. The third kappa shape index (κ3) is 6.11. The quantitative estimate of drug-likeness (QED) is 0.482. The van der Waals surface area contributed by atoms with Crippen LogP contribution in [0.3, 0.4) is 0 Å². The third-order valence-electron chi connectivity index (χ3n) is 5.57. The Morgan fingerprint density at radius 1 is 1.26 bits per heavy atom. The first-order chi connectivity index (χ1) is 14.7. The summed E-state index contributed by atoms with van der Waals surface area (Å²) >= 11 is 7.68. The van der Waals surface area contributed by atoms with E-state index in [1.54, 1.807) is 12.1 Å². The smallest absolute Gasteiger partial charge is 0.421 e. The summed E-state index contributed by atoms with van der Waals surface area (Å²) in [6.45, 7) is -0.00513. The van der Waals surface area contributed by atoms with Crippen molar-refractivity contribution in [3.05, 3.63) is 45.8 Å². The highest BCUT2D eigenvalue weighted by Crippen LogP contribution is 2.41. The molecular weight excluding hydrogens is 455 g/mol. The van der Waals surface area contributed by atoms with E-state index in [2.05, 4.69) is 4.98 Å². The minimum absolute atomic E-state index is 0.00462. The number of aromatic carboxylic acids is 1. The number of aliphatic hydroxyl groups excluding tert-OH is 1. The Labute approximate surface area is 186 Å². The number of carbonyl (C=O) groups is 1. The number of carboxylic acids is 1. The topological polar surface area (TPSA) is 79.7 Å². The number of thiophene rings is 1. The Hall–Kier alpha value is -1.84. The van der Waals surface area contributed by atoms with Crippen LogP contribution in [0.4, 0.5) is 13.2 Å². The van der Waals surface area contributed by atoms with Crippen molar-refractivity contribution >= 4 is 28.9 Å². The summed E-state index contributed by atoms with van der Waals surface area (Å²) in [4.78, 5) is 15.9. The SMILES string of the molecule is O=C(O)c1ccc(CCC[C@@H]2[C@@H](CCOc3ncccc3C(F)(F)F)[C@H](O)C[C@H]2Cl)s1. The first-order valence-corrected chi connectivity index (χ1v) is 11.2. The molecule has 0 radical (unpaired) electrons. The van der Waals surface area contributed by atoms with Gasteiger partial charge in [-0.25, -0.2) is 9.78 Å². The molecule has 31 heavy (non-hydrogen) atoms. The van der Waals surface area contributed by atoms with Gasteiger partial charge in [0.1, 0.15) is 10.4 Å². The van der Waals surface area contributed by atoms with Crippen molar-refractivity contribution in [1.82, 2.24) is 4.98 Å². The molecule has 0 aliphatic heterocycles. The molecule has 0 aromatic carbocycles. The molecule has 0 amide bonds. The molecule has 10 heteroatoms. The van der Waals surface area contributed by atoms with E-state index in [1.807, 2.05) is 0 Å². The second kappa shape index (κ2) is 10.2. The fraction of sp³-hybridized carbons (Fsp3) is 0.524. The monoisotopic (exact) mass is 477 g/mol. The number of nitrogens with zero attached hydrogens (tertiary/aromatic N) is 1. The molecule has 0 spiro atoms. The van der Waals surface area contributed by atoms with Gasteiger partial charge in [0.2, 0.25) is 5.88 Å².